The van der Waals surface area contributed by atoms with E-state index in [0.29, 0.717) is 18.9 Å². The number of ether oxygens (including phenoxy) is 1. The molecule has 3 aromatic rings. The zero-order chi connectivity index (χ0) is 20.0. The van der Waals surface area contributed by atoms with Crippen LogP contribution in [0.5, 0.6) is 5.75 Å². The predicted molar refractivity (Wildman–Crippen MR) is 110 cm³/mol. The number of nitrogens with zero attached hydrogens (tertiary/aromatic N) is 2. The monoisotopic (exact) mass is 420 g/mol. The largest absolute Gasteiger partial charge is 0.492 e. The van der Waals surface area contributed by atoms with E-state index >= 15 is 0 Å². The van der Waals surface area contributed by atoms with Crippen molar-refractivity contribution in [3.63, 3.8) is 0 Å². The Morgan fingerprint density at radius 3 is 2.43 bits per heavy atom. The second-order valence-electron chi connectivity index (χ2n) is 6.48. The number of hydrogen-bond donors (Lipinski definition) is 0. The molecule has 0 aliphatic carbocycles. The lowest BCUT2D eigenvalue weighted by atomic mass is 10.3. The van der Waals surface area contributed by atoms with Gasteiger partial charge in [0.25, 0.3) is 0 Å². The van der Waals surface area contributed by atoms with Crippen molar-refractivity contribution in [1.29, 1.82) is 0 Å². The first-order valence-corrected chi connectivity index (χ1v) is 11.2. The molecule has 28 heavy (non-hydrogen) atoms. The molecule has 3 rings (SSSR count). The van der Waals surface area contributed by atoms with E-state index in [1.807, 2.05) is 18.2 Å². The highest BCUT2D eigenvalue weighted by Crippen LogP contribution is 2.19. The van der Waals surface area contributed by atoms with Crippen molar-refractivity contribution < 1.29 is 17.6 Å². The van der Waals surface area contributed by atoms with E-state index in [9.17, 15) is 8.42 Å². The van der Waals surface area contributed by atoms with E-state index < -0.39 is 10.0 Å². The number of sulfonamides is 1. The molecule has 0 spiro atoms. The molecule has 1 aromatic carbocycles. The maximum atomic E-state index is 12.1. The van der Waals surface area contributed by atoms with Crippen molar-refractivity contribution in [2.75, 3.05) is 27.2 Å². The van der Waals surface area contributed by atoms with Crippen molar-refractivity contribution in [2.45, 2.75) is 18.0 Å². The Hall–Kier alpha value is -2.13. The molecule has 2 heterocycles. The van der Waals surface area contributed by atoms with Gasteiger partial charge in [0.05, 0.1) is 17.7 Å². The summed E-state index contributed by atoms with van der Waals surface area (Å²) in [6.45, 7) is 2.73. The van der Waals surface area contributed by atoms with Gasteiger partial charge in [-0.1, -0.05) is 6.07 Å². The quantitative estimate of drug-likeness (QED) is 0.501. The van der Waals surface area contributed by atoms with Gasteiger partial charge in [0.1, 0.15) is 18.1 Å². The van der Waals surface area contributed by atoms with Crippen molar-refractivity contribution in [3.8, 4) is 5.75 Å². The van der Waals surface area contributed by atoms with Crippen LogP contribution in [-0.2, 0) is 23.1 Å². The Balaban J connectivity index is 1.57. The van der Waals surface area contributed by atoms with Crippen LogP contribution in [0.1, 0.15) is 10.6 Å². The van der Waals surface area contributed by atoms with E-state index in [0.717, 1.165) is 18.8 Å². The van der Waals surface area contributed by atoms with Crippen LogP contribution >= 0.6 is 11.3 Å². The Morgan fingerprint density at radius 1 is 1.04 bits per heavy atom. The normalized spacial score (nSPS) is 12.0. The molecule has 0 aliphatic heterocycles. The van der Waals surface area contributed by atoms with Gasteiger partial charge in [-0.3, -0.25) is 4.90 Å². The van der Waals surface area contributed by atoms with Gasteiger partial charge in [-0.25, -0.2) is 12.7 Å². The minimum absolute atomic E-state index is 0.252. The van der Waals surface area contributed by atoms with Gasteiger partial charge in [0.15, 0.2) is 0 Å². The van der Waals surface area contributed by atoms with Gasteiger partial charge in [-0.05, 0) is 47.8 Å². The molecule has 0 N–H and O–H groups in total. The van der Waals surface area contributed by atoms with Gasteiger partial charge >= 0.3 is 0 Å². The van der Waals surface area contributed by atoms with Crippen molar-refractivity contribution in [1.82, 2.24) is 9.21 Å². The van der Waals surface area contributed by atoms with Crippen LogP contribution in [0.25, 0.3) is 0 Å². The molecular formula is C20H24N2O4S2. The standard InChI is InChI=1S/C20H24N2O4S2/c1-21(2)28(23,24)20-9-7-17(8-10-20)26-13-11-22(15-18-5-3-12-25-18)16-19-6-4-14-27-19/h3-10,12,14H,11,13,15-16H2,1-2H3. The molecule has 0 unspecified atom stereocenters. The molecule has 0 atom stereocenters. The van der Waals surface area contributed by atoms with E-state index in [2.05, 4.69) is 16.3 Å². The van der Waals surface area contributed by atoms with Crippen LogP contribution in [0.15, 0.2) is 69.5 Å². The maximum Gasteiger partial charge on any atom is 0.242 e. The molecule has 0 fully saturated rings. The van der Waals surface area contributed by atoms with Gasteiger partial charge in [-0.15, -0.1) is 11.3 Å². The van der Waals surface area contributed by atoms with Crippen LogP contribution in [-0.4, -0.2) is 44.9 Å². The summed E-state index contributed by atoms with van der Waals surface area (Å²) in [7, 11) is -0.396. The number of furan rings is 1. The number of benzene rings is 1. The van der Waals surface area contributed by atoms with Crippen LogP contribution in [0.3, 0.4) is 0 Å². The van der Waals surface area contributed by atoms with Gasteiger partial charge < -0.3 is 9.15 Å². The number of rotatable bonds is 10. The fraction of sp³-hybridized carbons (Fsp3) is 0.300. The van der Waals surface area contributed by atoms with Crippen LogP contribution in [0, 0.1) is 0 Å². The molecule has 2 aromatic heterocycles. The lowest BCUT2D eigenvalue weighted by Gasteiger charge is -2.20. The third kappa shape index (κ3) is 5.45. The molecule has 0 aliphatic rings. The molecule has 8 heteroatoms. The second kappa shape index (κ2) is 9.38. The second-order valence-corrected chi connectivity index (χ2v) is 9.66. The van der Waals surface area contributed by atoms with E-state index in [-0.39, 0.29) is 4.90 Å². The highest BCUT2D eigenvalue weighted by molar-refractivity contribution is 7.89. The SMILES string of the molecule is CN(C)S(=O)(=O)c1ccc(OCCN(Cc2ccco2)Cc2cccs2)cc1. The summed E-state index contributed by atoms with van der Waals surface area (Å²) in [5.74, 6) is 1.56. The Kier molecular flexibility index (Phi) is 6.90. The molecule has 0 amide bonds. The zero-order valence-corrected chi connectivity index (χ0v) is 17.6. The fourth-order valence-electron chi connectivity index (χ4n) is 2.67. The van der Waals surface area contributed by atoms with Crippen LogP contribution < -0.4 is 4.74 Å². The zero-order valence-electron chi connectivity index (χ0n) is 15.9. The average Bonchev–Trinajstić information content (AvgIpc) is 3.36. The summed E-state index contributed by atoms with van der Waals surface area (Å²) in [6, 6.07) is 14.5. The Bertz CT molecular complexity index is 899. The third-order valence-electron chi connectivity index (χ3n) is 4.20. The topological polar surface area (TPSA) is 63.0 Å². The molecule has 6 nitrogen and oxygen atoms in total. The average molecular weight is 421 g/mol. The summed E-state index contributed by atoms with van der Waals surface area (Å²) in [5.41, 5.74) is 0. The van der Waals surface area contributed by atoms with E-state index in [1.165, 1.54) is 23.3 Å². The summed E-state index contributed by atoms with van der Waals surface area (Å²) >= 11 is 1.73. The number of hydrogen-bond acceptors (Lipinski definition) is 6. The minimum atomic E-state index is -3.43. The highest BCUT2D eigenvalue weighted by Gasteiger charge is 2.16. The maximum absolute atomic E-state index is 12.1. The first kappa shape index (κ1) is 20.6. The minimum Gasteiger partial charge on any atom is -0.492 e. The van der Waals surface area contributed by atoms with Crippen molar-refractivity contribution >= 4 is 21.4 Å². The number of thiophene rings is 1. The third-order valence-corrected chi connectivity index (χ3v) is 6.89. The summed E-state index contributed by atoms with van der Waals surface area (Å²) in [4.78, 5) is 3.79. The summed E-state index contributed by atoms with van der Waals surface area (Å²) < 4.78 is 36.7. The van der Waals surface area contributed by atoms with Gasteiger partial charge in [0.2, 0.25) is 10.0 Å². The Labute approximate surface area is 170 Å². The van der Waals surface area contributed by atoms with Crippen LogP contribution in [0.4, 0.5) is 0 Å². The smallest absolute Gasteiger partial charge is 0.242 e. The first-order valence-electron chi connectivity index (χ1n) is 8.87. The molecule has 0 saturated carbocycles. The van der Waals surface area contributed by atoms with Crippen molar-refractivity contribution in [2.24, 2.45) is 0 Å². The van der Waals surface area contributed by atoms with E-state index in [1.54, 1.807) is 41.9 Å². The summed E-state index contributed by atoms with van der Waals surface area (Å²) in [5, 5.41) is 2.07. The molecular weight excluding hydrogens is 396 g/mol. The highest BCUT2D eigenvalue weighted by atomic mass is 32.2. The molecule has 0 saturated heterocycles. The molecule has 0 radical (unpaired) electrons. The molecule has 150 valence electrons. The first-order chi connectivity index (χ1) is 13.4. The lowest BCUT2D eigenvalue weighted by Crippen LogP contribution is -2.27. The van der Waals surface area contributed by atoms with Gasteiger partial charge in [0, 0.05) is 32.1 Å². The van der Waals surface area contributed by atoms with Crippen molar-refractivity contribution in [3.05, 3.63) is 70.8 Å². The predicted octanol–water partition coefficient (Wildman–Crippen LogP) is 3.67. The lowest BCUT2D eigenvalue weighted by molar-refractivity contribution is 0.186. The van der Waals surface area contributed by atoms with Crippen LogP contribution in [0.2, 0.25) is 0 Å². The molecule has 0 bridgehead atoms. The summed E-state index contributed by atoms with van der Waals surface area (Å²) in [6.07, 6.45) is 1.68. The Morgan fingerprint density at radius 2 is 1.82 bits per heavy atom. The van der Waals surface area contributed by atoms with Gasteiger partial charge in [-0.2, -0.15) is 0 Å². The fourth-order valence-corrected chi connectivity index (χ4v) is 4.32. The van der Waals surface area contributed by atoms with E-state index in [4.69, 9.17) is 9.15 Å².